The molecule has 0 aromatic heterocycles. The second kappa shape index (κ2) is 14.5. The van der Waals surface area contributed by atoms with Gasteiger partial charge >= 0.3 is 0 Å². The molecule has 0 fully saturated rings. The molecule has 0 spiro atoms. The molecule has 2 rings (SSSR count). The summed E-state index contributed by atoms with van der Waals surface area (Å²) in [5.74, 6) is 2.12. The van der Waals surface area contributed by atoms with Crippen molar-refractivity contribution in [1.82, 2.24) is 10.6 Å². The average molecular weight is 612 g/mol. The van der Waals surface area contributed by atoms with Crippen LogP contribution in [0.15, 0.2) is 45.3 Å². The van der Waals surface area contributed by atoms with E-state index in [2.05, 4.69) is 70.2 Å². The first-order chi connectivity index (χ1) is 16.6. The molecule has 0 saturated carbocycles. The fourth-order valence-electron chi connectivity index (χ4n) is 3.03. The van der Waals surface area contributed by atoms with Crippen LogP contribution in [0.5, 0.6) is 11.5 Å². The first-order valence-corrected chi connectivity index (χ1v) is 13.6. The zero-order valence-corrected chi connectivity index (χ0v) is 24.3. The van der Waals surface area contributed by atoms with E-state index in [1.807, 2.05) is 6.92 Å². The van der Waals surface area contributed by atoms with E-state index < -0.39 is 0 Å². The highest BCUT2D eigenvalue weighted by Crippen LogP contribution is 2.27. The minimum absolute atomic E-state index is 0.216. The SMILES string of the molecule is CC(C)CCOc1ccc(C(=O)NCC(C)NC(=O)c2ccc(OCCC(C)C)c(Br)c2)cc1Br. The maximum absolute atomic E-state index is 12.6. The first kappa shape index (κ1) is 29.2. The van der Waals surface area contributed by atoms with Crippen molar-refractivity contribution < 1.29 is 19.1 Å². The van der Waals surface area contributed by atoms with Crippen molar-refractivity contribution in [3.63, 3.8) is 0 Å². The van der Waals surface area contributed by atoms with Crippen LogP contribution in [0.4, 0.5) is 0 Å². The van der Waals surface area contributed by atoms with Gasteiger partial charge in [0.1, 0.15) is 11.5 Å². The number of rotatable bonds is 13. The molecule has 2 aromatic carbocycles. The highest BCUT2D eigenvalue weighted by Gasteiger charge is 2.15. The lowest BCUT2D eigenvalue weighted by Crippen LogP contribution is -2.41. The van der Waals surface area contributed by atoms with Crippen LogP contribution >= 0.6 is 31.9 Å². The molecule has 0 heterocycles. The van der Waals surface area contributed by atoms with Gasteiger partial charge in [-0.15, -0.1) is 0 Å². The molecule has 2 N–H and O–H groups in total. The van der Waals surface area contributed by atoms with Gasteiger partial charge in [0.15, 0.2) is 0 Å². The lowest BCUT2D eigenvalue weighted by molar-refractivity contribution is 0.0912. The van der Waals surface area contributed by atoms with Crippen LogP contribution in [0, 0.1) is 11.8 Å². The molecule has 2 amide bonds. The molecule has 0 aliphatic heterocycles. The molecule has 35 heavy (non-hydrogen) atoms. The molecule has 1 atom stereocenters. The molecular weight excluding hydrogens is 576 g/mol. The third-order valence-electron chi connectivity index (χ3n) is 5.24. The fourth-order valence-corrected chi connectivity index (χ4v) is 4.02. The summed E-state index contributed by atoms with van der Waals surface area (Å²) < 4.78 is 13.0. The third-order valence-corrected chi connectivity index (χ3v) is 6.48. The van der Waals surface area contributed by atoms with Crippen LogP contribution in [0.2, 0.25) is 0 Å². The van der Waals surface area contributed by atoms with Crippen molar-refractivity contribution in [2.75, 3.05) is 19.8 Å². The molecule has 0 radical (unpaired) electrons. The summed E-state index contributed by atoms with van der Waals surface area (Å²) in [5, 5.41) is 5.78. The third kappa shape index (κ3) is 10.2. The second-order valence-electron chi connectivity index (χ2n) is 9.44. The lowest BCUT2D eigenvalue weighted by Gasteiger charge is -2.16. The summed E-state index contributed by atoms with van der Waals surface area (Å²) in [6.07, 6.45) is 1.93. The van der Waals surface area contributed by atoms with Gasteiger partial charge in [-0.25, -0.2) is 0 Å². The van der Waals surface area contributed by atoms with E-state index in [-0.39, 0.29) is 17.9 Å². The maximum Gasteiger partial charge on any atom is 0.251 e. The minimum Gasteiger partial charge on any atom is -0.492 e. The van der Waals surface area contributed by atoms with Crippen molar-refractivity contribution in [3.8, 4) is 11.5 Å². The Morgan fingerprint density at radius 1 is 0.771 bits per heavy atom. The maximum atomic E-state index is 12.6. The Morgan fingerprint density at radius 3 is 1.66 bits per heavy atom. The number of amides is 2. The average Bonchev–Trinajstić information content (AvgIpc) is 2.79. The van der Waals surface area contributed by atoms with Gasteiger partial charge in [0.2, 0.25) is 0 Å². The number of ether oxygens (including phenoxy) is 2. The van der Waals surface area contributed by atoms with Gasteiger partial charge in [-0.1, -0.05) is 27.7 Å². The molecule has 0 bridgehead atoms. The van der Waals surface area contributed by atoms with Crippen LogP contribution in [0.1, 0.15) is 68.2 Å². The normalized spacial score (nSPS) is 11.9. The van der Waals surface area contributed by atoms with E-state index in [0.717, 1.165) is 21.8 Å². The summed E-state index contributed by atoms with van der Waals surface area (Å²) >= 11 is 6.96. The van der Waals surface area contributed by atoms with Gasteiger partial charge in [-0.05, 0) is 99.9 Å². The number of hydrogen-bond donors (Lipinski definition) is 2. The van der Waals surface area contributed by atoms with Crippen LogP contribution in [-0.2, 0) is 0 Å². The highest BCUT2D eigenvalue weighted by molar-refractivity contribution is 9.10. The van der Waals surface area contributed by atoms with E-state index >= 15 is 0 Å². The molecular formula is C27H36Br2N2O4. The van der Waals surface area contributed by atoms with Gasteiger partial charge in [0, 0.05) is 23.7 Å². The Morgan fingerprint density at radius 2 is 1.23 bits per heavy atom. The van der Waals surface area contributed by atoms with Crippen LogP contribution in [0.3, 0.4) is 0 Å². The number of nitrogens with one attached hydrogen (secondary N) is 2. The van der Waals surface area contributed by atoms with E-state index in [1.165, 1.54) is 0 Å². The van der Waals surface area contributed by atoms with Crippen molar-refractivity contribution in [1.29, 1.82) is 0 Å². The smallest absolute Gasteiger partial charge is 0.251 e. The summed E-state index contributed by atoms with van der Waals surface area (Å²) in [7, 11) is 0. The van der Waals surface area contributed by atoms with Gasteiger partial charge < -0.3 is 20.1 Å². The second-order valence-corrected chi connectivity index (χ2v) is 11.1. The van der Waals surface area contributed by atoms with Crippen molar-refractivity contribution in [3.05, 3.63) is 56.5 Å². The molecule has 192 valence electrons. The standard InChI is InChI=1S/C27H36Br2N2O4/c1-17(2)10-12-34-24-8-6-20(14-22(24)28)26(32)30-16-19(5)31-27(33)21-7-9-25(23(29)15-21)35-13-11-18(3)4/h6-9,14-15,17-19H,10-13,16H2,1-5H3,(H,30,32)(H,31,33). The number of hydrogen-bond acceptors (Lipinski definition) is 4. The largest absolute Gasteiger partial charge is 0.492 e. The monoisotopic (exact) mass is 610 g/mol. The Bertz CT molecular complexity index is 995. The highest BCUT2D eigenvalue weighted by atomic mass is 79.9. The number of halogens is 2. The van der Waals surface area contributed by atoms with Gasteiger partial charge in [0.25, 0.3) is 11.8 Å². The summed E-state index contributed by atoms with van der Waals surface area (Å²) in [6.45, 7) is 12.0. The lowest BCUT2D eigenvalue weighted by atomic mass is 10.1. The van der Waals surface area contributed by atoms with Crippen LogP contribution < -0.4 is 20.1 Å². The van der Waals surface area contributed by atoms with Gasteiger partial charge in [0.05, 0.1) is 22.2 Å². The zero-order valence-electron chi connectivity index (χ0n) is 21.1. The molecule has 1 unspecified atom stereocenters. The van der Waals surface area contributed by atoms with Crippen molar-refractivity contribution >= 4 is 43.7 Å². The Kier molecular flexibility index (Phi) is 12.1. The summed E-state index contributed by atoms with van der Waals surface area (Å²) in [6, 6.07) is 10.3. The molecule has 0 saturated heterocycles. The summed E-state index contributed by atoms with van der Waals surface area (Å²) in [5.41, 5.74) is 1.03. The minimum atomic E-state index is -0.255. The Hall–Kier alpha value is -2.06. The topological polar surface area (TPSA) is 76.7 Å². The molecule has 0 aliphatic carbocycles. The Labute approximate surface area is 225 Å². The van der Waals surface area contributed by atoms with Gasteiger partial charge in [-0.2, -0.15) is 0 Å². The van der Waals surface area contributed by atoms with Crippen LogP contribution in [0.25, 0.3) is 0 Å². The Balaban J connectivity index is 1.84. The fraction of sp³-hybridized carbons (Fsp3) is 0.481. The number of benzene rings is 2. The van der Waals surface area contributed by atoms with E-state index in [9.17, 15) is 9.59 Å². The predicted molar refractivity (Wildman–Crippen MR) is 147 cm³/mol. The first-order valence-electron chi connectivity index (χ1n) is 12.0. The molecule has 8 heteroatoms. The molecule has 6 nitrogen and oxygen atoms in total. The predicted octanol–water partition coefficient (Wildman–Crippen LogP) is 6.61. The number of carbonyl (C=O) groups is 2. The van der Waals surface area contributed by atoms with E-state index in [4.69, 9.17) is 9.47 Å². The van der Waals surface area contributed by atoms with Crippen molar-refractivity contribution in [2.45, 2.75) is 53.5 Å². The summed E-state index contributed by atoms with van der Waals surface area (Å²) in [4.78, 5) is 25.2. The molecule has 0 aliphatic rings. The molecule has 2 aromatic rings. The van der Waals surface area contributed by atoms with E-state index in [1.54, 1.807) is 36.4 Å². The zero-order chi connectivity index (χ0) is 26.0. The van der Waals surface area contributed by atoms with Crippen molar-refractivity contribution in [2.24, 2.45) is 11.8 Å². The van der Waals surface area contributed by atoms with Crippen LogP contribution in [-0.4, -0.2) is 37.6 Å². The quantitative estimate of drug-likeness (QED) is 0.267. The van der Waals surface area contributed by atoms with Gasteiger partial charge in [-0.3, -0.25) is 9.59 Å². The number of carbonyl (C=O) groups excluding carboxylic acids is 2. The van der Waals surface area contributed by atoms with E-state index in [0.29, 0.717) is 54.2 Å².